The molecule has 1 aromatic carbocycles. The highest BCUT2D eigenvalue weighted by Crippen LogP contribution is 2.48. The molecule has 4 rings (SSSR count). The molecule has 8 heteroatoms. The minimum atomic E-state index is -0.648. The van der Waals surface area contributed by atoms with E-state index in [1.165, 1.54) is 6.20 Å². The first kappa shape index (κ1) is 21.9. The Morgan fingerprint density at radius 3 is 2.58 bits per heavy atom. The van der Waals surface area contributed by atoms with E-state index in [9.17, 15) is 9.59 Å². The number of aromatic nitrogens is 1. The molecule has 164 valence electrons. The molecule has 1 aliphatic heterocycles. The van der Waals surface area contributed by atoms with Crippen LogP contribution in [0.3, 0.4) is 0 Å². The van der Waals surface area contributed by atoms with Gasteiger partial charge in [0.1, 0.15) is 11.1 Å². The van der Waals surface area contributed by atoms with Crippen LogP contribution < -0.4 is 15.4 Å². The van der Waals surface area contributed by atoms with E-state index in [4.69, 9.17) is 27.9 Å². The average Bonchev–Trinajstić information content (AvgIpc) is 2.95. The van der Waals surface area contributed by atoms with Crippen molar-refractivity contribution in [3.05, 3.63) is 51.6 Å². The molecule has 2 aromatic rings. The number of amides is 2. The molecule has 0 unspecified atom stereocenters. The molecule has 1 aliphatic carbocycles. The van der Waals surface area contributed by atoms with E-state index in [1.54, 1.807) is 12.1 Å². The Morgan fingerprint density at radius 1 is 1.23 bits per heavy atom. The van der Waals surface area contributed by atoms with Gasteiger partial charge < -0.3 is 15.4 Å². The maximum atomic E-state index is 13.0. The second-order valence-corrected chi connectivity index (χ2v) is 10.1. The Labute approximate surface area is 191 Å². The van der Waals surface area contributed by atoms with Crippen molar-refractivity contribution in [2.24, 2.45) is 0 Å². The fraction of sp³-hybridized carbons (Fsp3) is 0.435. The molecule has 1 fully saturated rings. The normalized spacial score (nSPS) is 22.7. The van der Waals surface area contributed by atoms with Crippen LogP contribution >= 0.6 is 23.2 Å². The summed E-state index contributed by atoms with van der Waals surface area (Å²) in [4.78, 5) is 29.8. The Bertz CT molecular complexity index is 1040. The largest absolute Gasteiger partial charge is 0.473 e. The van der Waals surface area contributed by atoms with Crippen LogP contribution in [-0.4, -0.2) is 28.4 Å². The number of benzene rings is 1. The number of halogens is 2. The number of anilines is 1. The summed E-state index contributed by atoms with van der Waals surface area (Å²) >= 11 is 12.1. The zero-order chi connectivity index (χ0) is 22.4. The fourth-order valence-electron chi connectivity index (χ4n) is 4.31. The third-order valence-corrected chi connectivity index (χ3v) is 6.28. The molecular formula is C23H25Cl2N3O3. The summed E-state index contributed by atoms with van der Waals surface area (Å²) < 4.78 is 5.99. The van der Waals surface area contributed by atoms with Crippen molar-refractivity contribution in [2.75, 3.05) is 5.32 Å². The molecule has 0 bridgehead atoms. The van der Waals surface area contributed by atoms with Gasteiger partial charge in [0.05, 0.1) is 10.4 Å². The van der Waals surface area contributed by atoms with Crippen LogP contribution in [0, 0.1) is 0 Å². The number of ether oxygens (including phenoxy) is 1. The van der Waals surface area contributed by atoms with Crippen molar-refractivity contribution in [1.82, 2.24) is 10.3 Å². The first-order chi connectivity index (χ1) is 14.6. The number of pyridine rings is 1. The smallest absolute Gasteiger partial charge is 0.251 e. The Balaban J connectivity index is 1.52. The topological polar surface area (TPSA) is 80.3 Å². The average molecular weight is 462 g/mol. The van der Waals surface area contributed by atoms with Crippen LogP contribution in [0.5, 0.6) is 5.88 Å². The summed E-state index contributed by atoms with van der Waals surface area (Å²) in [5.74, 6) is 0.187. The van der Waals surface area contributed by atoms with Crippen LogP contribution in [0.2, 0.25) is 10.0 Å². The minimum Gasteiger partial charge on any atom is -0.473 e. The lowest BCUT2D eigenvalue weighted by Crippen LogP contribution is -2.42. The molecule has 1 aromatic heterocycles. The third-order valence-electron chi connectivity index (χ3n) is 5.81. The second kappa shape index (κ2) is 7.99. The highest BCUT2D eigenvalue weighted by atomic mass is 35.5. The van der Waals surface area contributed by atoms with Gasteiger partial charge in [0.15, 0.2) is 0 Å². The van der Waals surface area contributed by atoms with E-state index in [2.05, 4.69) is 15.6 Å². The molecule has 31 heavy (non-hydrogen) atoms. The first-order valence-corrected chi connectivity index (χ1v) is 11.1. The van der Waals surface area contributed by atoms with E-state index < -0.39 is 5.41 Å². The van der Waals surface area contributed by atoms with Crippen LogP contribution in [0.25, 0.3) is 0 Å². The monoisotopic (exact) mass is 461 g/mol. The van der Waals surface area contributed by atoms with Gasteiger partial charge in [0.2, 0.25) is 11.8 Å². The van der Waals surface area contributed by atoms with Gasteiger partial charge in [-0.15, -0.1) is 0 Å². The van der Waals surface area contributed by atoms with Gasteiger partial charge in [-0.3, -0.25) is 9.59 Å². The summed E-state index contributed by atoms with van der Waals surface area (Å²) in [6.07, 6.45) is 3.98. The quantitative estimate of drug-likeness (QED) is 0.663. The lowest BCUT2D eigenvalue weighted by Gasteiger charge is -2.35. The van der Waals surface area contributed by atoms with Crippen molar-refractivity contribution in [1.29, 1.82) is 0 Å². The molecule has 0 saturated heterocycles. The van der Waals surface area contributed by atoms with Gasteiger partial charge in [0, 0.05) is 23.0 Å². The number of fused-ring (bicyclic) bond motifs is 2. The lowest BCUT2D eigenvalue weighted by molar-refractivity contribution is -0.122. The standard InChI is InChI=1S/C23H25Cl2N3O3/c1-22(2,3)28-19(29)13-4-5-18-16(10-13)23(21(30)27-18)8-6-15(7-9-23)31-20-17(25)11-14(24)12-26-20/h4-5,10-12,15H,6-9H2,1-3H3,(H,27,30)(H,28,29). The fourth-order valence-corrected chi connectivity index (χ4v) is 4.74. The van der Waals surface area contributed by atoms with E-state index in [0.29, 0.717) is 47.2 Å². The Morgan fingerprint density at radius 2 is 1.94 bits per heavy atom. The van der Waals surface area contributed by atoms with Gasteiger partial charge >= 0.3 is 0 Å². The summed E-state index contributed by atoms with van der Waals surface area (Å²) in [6, 6.07) is 7.02. The minimum absolute atomic E-state index is 0.0167. The Kier molecular flexibility index (Phi) is 5.64. The highest BCUT2D eigenvalue weighted by molar-refractivity contribution is 6.35. The molecular weight excluding hydrogens is 437 g/mol. The van der Waals surface area contributed by atoms with Crippen LogP contribution in [-0.2, 0) is 10.2 Å². The summed E-state index contributed by atoms with van der Waals surface area (Å²) in [5.41, 5.74) is 1.23. The number of hydrogen-bond donors (Lipinski definition) is 2. The maximum Gasteiger partial charge on any atom is 0.251 e. The highest BCUT2D eigenvalue weighted by Gasteiger charge is 2.49. The van der Waals surface area contributed by atoms with Gasteiger partial charge in [-0.05, 0) is 76.3 Å². The van der Waals surface area contributed by atoms with Crippen molar-refractivity contribution in [2.45, 2.75) is 63.5 Å². The van der Waals surface area contributed by atoms with Crippen molar-refractivity contribution >= 4 is 40.7 Å². The number of nitrogens with one attached hydrogen (secondary N) is 2. The number of carbonyl (C=O) groups excluding carboxylic acids is 2. The van der Waals surface area contributed by atoms with Gasteiger partial charge in [-0.25, -0.2) is 4.98 Å². The zero-order valence-electron chi connectivity index (χ0n) is 17.7. The molecule has 0 atom stereocenters. The predicted molar refractivity (Wildman–Crippen MR) is 121 cm³/mol. The van der Waals surface area contributed by atoms with Crippen molar-refractivity contribution in [3.8, 4) is 5.88 Å². The van der Waals surface area contributed by atoms with E-state index in [0.717, 1.165) is 11.3 Å². The SMILES string of the molecule is CC(C)(C)NC(=O)c1ccc2c(c1)C1(CCC(Oc3ncc(Cl)cc3Cl)CC1)C(=O)N2. The second-order valence-electron chi connectivity index (χ2n) is 9.26. The summed E-state index contributed by atoms with van der Waals surface area (Å²) in [5, 5.41) is 6.79. The van der Waals surface area contributed by atoms with Crippen LogP contribution in [0.15, 0.2) is 30.5 Å². The molecule has 0 radical (unpaired) electrons. The van der Waals surface area contributed by atoms with Crippen LogP contribution in [0.1, 0.15) is 62.4 Å². The molecule has 1 saturated carbocycles. The van der Waals surface area contributed by atoms with Gasteiger partial charge in [0.25, 0.3) is 5.91 Å². The number of nitrogens with zero attached hydrogens (tertiary/aromatic N) is 1. The summed E-state index contributed by atoms with van der Waals surface area (Å²) in [7, 11) is 0. The zero-order valence-corrected chi connectivity index (χ0v) is 19.2. The van der Waals surface area contributed by atoms with E-state index in [1.807, 2.05) is 32.9 Å². The number of rotatable bonds is 3. The molecule has 2 aliphatic rings. The van der Waals surface area contributed by atoms with Gasteiger partial charge in [-0.2, -0.15) is 0 Å². The Hall–Kier alpha value is -2.31. The third kappa shape index (κ3) is 4.37. The van der Waals surface area contributed by atoms with Crippen molar-refractivity contribution < 1.29 is 14.3 Å². The lowest BCUT2D eigenvalue weighted by atomic mass is 9.69. The van der Waals surface area contributed by atoms with E-state index in [-0.39, 0.29) is 23.5 Å². The molecule has 2 amide bonds. The molecule has 6 nitrogen and oxygen atoms in total. The number of carbonyl (C=O) groups is 2. The molecule has 1 spiro atoms. The number of hydrogen-bond acceptors (Lipinski definition) is 4. The summed E-state index contributed by atoms with van der Waals surface area (Å²) in [6.45, 7) is 5.82. The molecule has 2 N–H and O–H groups in total. The van der Waals surface area contributed by atoms with Crippen molar-refractivity contribution in [3.63, 3.8) is 0 Å². The molecule has 2 heterocycles. The van der Waals surface area contributed by atoms with Gasteiger partial charge in [-0.1, -0.05) is 23.2 Å². The van der Waals surface area contributed by atoms with E-state index >= 15 is 0 Å². The predicted octanol–water partition coefficient (Wildman–Crippen LogP) is 5.13. The first-order valence-electron chi connectivity index (χ1n) is 10.3. The van der Waals surface area contributed by atoms with Crippen LogP contribution in [0.4, 0.5) is 5.69 Å². The maximum absolute atomic E-state index is 13.0.